The minimum absolute atomic E-state index is 0.249. The van der Waals surface area contributed by atoms with Crippen molar-refractivity contribution in [1.29, 1.82) is 0 Å². The number of hydrogen-bond donors (Lipinski definition) is 2. The molecule has 0 saturated heterocycles. The third-order valence-corrected chi connectivity index (χ3v) is 3.68. The minimum atomic E-state index is -0.671. The van der Waals surface area contributed by atoms with E-state index in [2.05, 4.69) is 17.2 Å². The zero-order valence-corrected chi connectivity index (χ0v) is 13.9. The third-order valence-electron chi connectivity index (χ3n) is 3.43. The van der Waals surface area contributed by atoms with Crippen LogP contribution in [0.1, 0.15) is 15.9 Å². The van der Waals surface area contributed by atoms with Crippen LogP contribution in [-0.4, -0.2) is 24.4 Å². The molecule has 2 aromatic carbocycles. The van der Waals surface area contributed by atoms with Gasteiger partial charge >= 0.3 is 0 Å². The number of nitrogens with one attached hydrogen (secondary N) is 2. The molecule has 24 heavy (non-hydrogen) atoms. The summed E-state index contributed by atoms with van der Waals surface area (Å²) < 4.78 is 0. The number of rotatable bonds is 7. The second kappa shape index (κ2) is 8.89. The van der Waals surface area contributed by atoms with Gasteiger partial charge in [0.25, 0.3) is 5.91 Å². The molecule has 0 bridgehead atoms. The Morgan fingerprint density at radius 2 is 1.75 bits per heavy atom. The lowest BCUT2D eigenvalue weighted by molar-refractivity contribution is -0.122. The Kier molecular flexibility index (Phi) is 6.58. The highest BCUT2D eigenvalue weighted by atomic mass is 35.5. The summed E-state index contributed by atoms with van der Waals surface area (Å²) in [5.74, 6) is -0.567. The second-order valence-corrected chi connectivity index (χ2v) is 5.69. The standard InChI is InChI=1S/C19H19ClN2O2/c1-2-12-21-19(24)17(13-14-6-4-3-5-7-14)22-18(23)15-8-10-16(20)11-9-15/h2-11,17H,1,12-13H2,(H,21,24)(H,22,23)/t17-/m0/s1. The lowest BCUT2D eigenvalue weighted by Gasteiger charge is -2.18. The van der Waals surface area contributed by atoms with Gasteiger partial charge in [-0.15, -0.1) is 6.58 Å². The molecule has 1 atom stereocenters. The predicted octanol–water partition coefficient (Wildman–Crippen LogP) is 2.98. The van der Waals surface area contributed by atoms with E-state index in [1.165, 1.54) is 0 Å². The molecule has 0 heterocycles. The van der Waals surface area contributed by atoms with Crippen molar-refractivity contribution >= 4 is 23.4 Å². The Morgan fingerprint density at radius 1 is 1.08 bits per heavy atom. The van der Waals surface area contributed by atoms with E-state index in [0.717, 1.165) is 5.56 Å². The molecule has 0 saturated carbocycles. The van der Waals surface area contributed by atoms with Crippen LogP contribution in [0.2, 0.25) is 5.02 Å². The lowest BCUT2D eigenvalue weighted by atomic mass is 10.0. The van der Waals surface area contributed by atoms with Crippen molar-refractivity contribution in [2.45, 2.75) is 12.5 Å². The number of carbonyl (C=O) groups is 2. The van der Waals surface area contributed by atoms with E-state index >= 15 is 0 Å². The van der Waals surface area contributed by atoms with E-state index in [0.29, 0.717) is 23.6 Å². The fraction of sp³-hybridized carbons (Fsp3) is 0.158. The molecule has 2 rings (SSSR count). The first-order valence-corrected chi connectivity index (χ1v) is 7.97. The van der Waals surface area contributed by atoms with Crippen molar-refractivity contribution in [2.75, 3.05) is 6.54 Å². The van der Waals surface area contributed by atoms with Crippen LogP contribution in [0.5, 0.6) is 0 Å². The smallest absolute Gasteiger partial charge is 0.251 e. The molecule has 124 valence electrons. The van der Waals surface area contributed by atoms with Crippen LogP contribution < -0.4 is 10.6 Å². The highest BCUT2D eigenvalue weighted by Gasteiger charge is 2.21. The van der Waals surface area contributed by atoms with E-state index in [9.17, 15) is 9.59 Å². The summed E-state index contributed by atoms with van der Waals surface area (Å²) in [6.07, 6.45) is 2.00. The minimum Gasteiger partial charge on any atom is -0.351 e. The molecule has 0 aliphatic rings. The van der Waals surface area contributed by atoms with E-state index < -0.39 is 6.04 Å². The molecule has 5 heteroatoms. The molecular formula is C19H19ClN2O2. The average Bonchev–Trinajstić information content (AvgIpc) is 2.60. The van der Waals surface area contributed by atoms with Gasteiger partial charge in [0.05, 0.1) is 0 Å². The maximum Gasteiger partial charge on any atom is 0.251 e. The Labute approximate surface area is 146 Å². The van der Waals surface area contributed by atoms with E-state index in [1.54, 1.807) is 30.3 Å². The van der Waals surface area contributed by atoms with Gasteiger partial charge < -0.3 is 10.6 Å². The molecule has 2 N–H and O–H groups in total. The lowest BCUT2D eigenvalue weighted by Crippen LogP contribution is -2.48. The first kappa shape index (κ1) is 17.8. The van der Waals surface area contributed by atoms with Crippen molar-refractivity contribution < 1.29 is 9.59 Å². The van der Waals surface area contributed by atoms with Crippen LogP contribution in [0.25, 0.3) is 0 Å². The van der Waals surface area contributed by atoms with Gasteiger partial charge in [0.15, 0.2) is 0 Å². The maximum absolute atomic E-state index is 12.4. The van der Waals surface area contributed by atoms with Crippen molar-refractivity contribution in [3.05, 3.63) is 83.4 Å². The number of amides is 2. The monoisotopic (exact) mass is 342 g/mol. The number of benzene rings is 2. The van der Waals surface area contributed by atoms with Gasteiger partial charge in [0.1, 0.15) is 6.04 Å². The van der Waals surface area contributed by atoms with Crippen LogP contribution in [0, 0.1) is 0 Å². The van der Waals surface area contributed by atoms with Crippen LogP contribution >= 0.6 is 11.6 Å². The Balaban J connectivity index is 2.12. The summed E-state index contributed by atoms with van der Waals surface area (Å²) in [7, 11) is 0. The molecule has 2 amide bonds. The van der Waals surface area contributed by atoms with Crippen LogP contribution in [0.3, 0.4) is 0 Å². The van der Waals surface area contributed by atoms with Crippen LogP contribution in [-0.2, 0) is 11.2 Å². The summed E-state index contributed by atoms with van der Waals surface area (Å²) in [6, 6.07) is 15.4. The van der Waals surface area contributed by atoms with E-state index in [-0.39, 0.29) is 11.8 Å². The third kappa shape index (κ3) is 5.25. The summed E-state index contributed by atoms with van der Waals surface area (Å²) in [5.41, 5.74) is 1.42. The summed E-state index contributed by atoms with van der Waals surface area (Å²) in [4.78, 5) is 24.7. The summed E-state index contributed by atoms with van der Waals surface area (Å²) >= 11 is 5.83. The first-order valence-electron chi connectivity index (χ1n) is 7.59. The first-order chi connectivity index (χ1) is 11.6. The van der Waals surface area contributed by atoms with Gasteiger partial charge in [0, 0.05) is 23.6 Å². The van der Waals surface area contributed by atoms with Gasteiger partial charge in [-0.3, -0.25) is 9.59 Å². The molecule has 4 nitrogen and oxygen atoms in total. The largest absolute Gasteiger partial charge is 0.351 e. The van der Waals surface area contributed by atoms with Gasteiger partial charge in [-0.2, -0.15) is 0 Å². The zero-order chi connectivity index (χ0) is 17.4. The maximum atomic E-state index is 12.4. The molecule has 0 aliphatic heterocycles. The van der Waals surface area contributed by atoms with E-state index in [1.807, 2.05) is 30.3 Å². The van der Waals surface area contributed by atoms with Gasteiger partial charge in [-0.1, -0.05) is 48.0 Å². The second-order valence-electron chi connectivity index (χ2n) is 5.26. The molecule has 0 unspecified atom stereocenters. The summed E-state index contributed by atoms with van der Waals surface area (Å²) in [6.45, 7) is 3.93. The molecule has 2 aromatic rings. The normalized spacial score (nSPS) is 11.4. The van der Waals surface area contributed by atoms with Crippen molar-refractivity contribution in [2.24, 2.45) is 0 Å². The van der Waals surface area contributed by atoms with Gasteiger partial charge in [-0.25, -0.2) is 0 Å². The fourth-order valence-corrected chi connectivity index (χ4v) is 2.32. The predicted molar refractivity (Wildman–Crippen MR) is 96.1 cm³/mol. The summed E-state index contributed by atoms with van der Waals surface area (Å²) in [5, 5.41) is 6.06. The van der Waals surface area contributed by atoms with Crippen LogP contribution in [0.4, 0.5) is 0 Å². The Hall–Kier alpha value is -2.59. The average molecular weight is 343 g/mol. The Morgan fingerprint density at radius 3 is 2.38 bits per heavy atom. The number of hydrogen-bond acceptors (Lipinski definition) is 2. The topological polar surface area (TPSA) is 58.2 Å². The zero-order valence-electron chi connectivity index (χ0n) is 13.2. The van der Waals surface area contributed by atoms with Crippen molar-refractivity contribution in [3.63, 3.8) is 0 Å². The SMILES string of the molecule is C=CCNC(=O)[C@H](Cc1ccccc1)NC(=O)c1ccc(Cl)cc1. The molecule has 0 fully saturated rings. The molecular weight excluding hydrogens is 324 g/mol. The molecule has 0 aliphatic carbocycles. The highest BCUT2D eigenvalue weighted by molar-refractivity contribution is 6.30. The quantitative estimate of drug-likeness (QED) is 0.760. The van der Waals surface area contributed by atoms with Crippen LogP contribution in [0.15, 0.2) is 67.3 Å². The van der Waals surface area contributed by atoms with E-state index in [4.69, 9.17) is 11.6 Å². The highest BCUT2D eigenvalue weighted by Crippen LogP contribution is 2.10. The molecule has 0 spiro atoms. The number of halogens is 1. The van der Waals surface area contributed by atoms with Gasteiger partial charge in [-0.05, 0) is 29.8 Å². The molecule has 0 aromatic heterocycles. The fourth-order valence-electron chi connectivity index (χ4n) is 2.20. The number of carbonyl (C=O) groups excluding carboxylic acids is 2. The van der Waals surface area contributed by atoms with Crippen molar-refractivity contribution in [3.8, 4) is 0 Å². The van der Waals surface area contributed by atoms with Gasteiger partial charge in [0.2, 0.25) is 5.91 Å². The molecule has 0 radical (unpaired) electrons. The van der Waals surface area contributed by atoms with Crippen molar-refractivity contribution in [1.82, 2.24) is 10.6 Å². The Bertz CT molecular complexity index is 699.